The Hall–Kier alpha value is -2.89. The van der Waals surface area contributed by atoms with Gasteiger partial charge in [-0.3, -0.25) is 9.59 Å². The maximum atomic E-state index is 11.7. The van der Waals surface area contributed by atoms with Crippen LogP contribution in [0.2, 0.25) is 0 Å². The third-order valence-corrected chi connectivity index (χ3v) is 2.64. The molecule has 0 bridgehead atoms. The summed E-state index contributed by atoms with van der Waals surface area (Å²) in [5.41, 5.74) is 7.44. The van der Waals surface area contributed by atoms with E-state index >= 15 is 0 Å². The van der Waals surface area contributed by atoms with E-state index in [9.17, 15) is 9.59 Å². The van der Waals surface area contributed by atoms with Crippen molar-refractivity contribution in [3.63, 3.8) is 0 Å². The van der Waals surface area contributed by atoms with Crippen LogP contribution in [0.4, 0.5) is 5.82 Å². The van der Waals surface area contributed by atoms with Crippen LogP contribution < -0.4 is 11.1 Å². The van der Waals surface area contributed by atoms with E-state index in [-0.39, 0.29) is 11.4 Å². The Morgan fingerprint density at radius 3 is 2.45 bits per heavy atom. The number of hydrogen-bond acceptors (Lipinski definition) is 4. The topological polar surface area (TPSA) is 105 Å². The smallest absolute Gasteiger partial charge is 0.322 e. The van der Waals surface area contributed by atoms with Gasteiger partial charge in [0, 0.05) is 5.56 Å². The second kappa shape index (κ2) is 5.83. The second-order valence-corrected chi connectivity index (χ2v) is 4.07. The predicted octanol–water partition coefficient (Wildman–Crippen LogP) is 1.15. The number of nitrogens with one attached hydrogen (secondary N) is 1. The van der Waals surface area contributed by atoms with Gasteiger partial charge in [-0.15, -0.1) is 0 Å². The third-order valence-electron chi connectivity index (χ3n) is 2.64. The highest BCUT2D eigenvalue weighted by Crippen LogP contribution is 2.19. The summed E-state index contributed by atoms with van der Waals surface area (Å²) in [6.07, 6.45) is 0. The number of nitrogen functional groups attached to an aromatic ring is 1. The summed E-state index contributed by atoms with van der Waals surface area (Å²) < 4.78 is 0. The van der Waals surface area contributed by atoms with E-state index in [1.54, 1.807) is 6.07 Å². The van der Waals surface area contributed by atoms with Gasteiger partial charge in [0.1, 0.15) is 12.4 Å². The first-order valence-electron chi connectivity index (χ1n) is 5.90. The molecule has 0 fully saturated rings. The van der Waals surface area contributed by atoms with Crippen molar-refractivity contribution in [2.75, 3.05) is 12.3 Å². The molecule has 0 saturated carbocycles. The first-order chi connectivity index (χ1) is 9.58. The molecule has 4 N–H and O–H groups in total. The quantitative estimate of drug-likeness (QED) is 0.773. The average molecular weight is 271 g/mol. The number of hydrogen-bond donors (Lipinski definition) is 3. The standard InChI is InChI=1S/C14H13N3O3/c15-13-10(14(20)16-8-12(18)19)6-7-11(17-13)9-4-2-1-3-5-9/h1-7H,8H2,(H2,15,17)(H,16,20)(H,18,19). The molecule has 1 aromatic heterocycles. The zero-order chi connectivity index (χ0) is 14.5. The Kier molecular flexibility index (Phi) is 3.95. The van der Waals surface area contributed by atoms with Crippen molar-refractivity contribution < 1.29 is 14.7 Å². The molecule has 0 atom stereocenters. The third kappa shape index (κ3) is 3.11. The number of carbonyl (C=O) groups is 2. The molecular formula is C14H13N3O3. The van der Waals surface area contributed by atoms with Crippen LogP contribution in [-0.2, 0) is 4.79 Å². The van der Waals surface area contributed by atoms with Crippen LogP contribution in [0.3, 0.4) is 0 Å². The molecule has 1 amide bonds. The fraction of sp³-hybridized carbons (Fsp3) is 0.0714. The van der Waals surface area contributed by atoms with Gasteiger partial charge in [-0.05, 0) is 12.1 Å². The molecular weight excluding hydrogens is 258 g/mol. The van der Waals surface area contributed by atoms with E-state index in [1.807, 2.05) is 30.3 Å². The summed E-state index contributed by atoms with van der Waals surface area (Å²) in [6.45, 7) is -0.460. The van der Waals surface area contributed by atoms with E-state index in [4.69, 9.17) is 10.8 Å². The summed E-state index contributed by atoms with van der Waals surface area (Å²) in [5, 5.41) is 10.7. The Morgan fingerprint density at radius 2 is 1.85 bits per heavy atom. The highest BCUT2D eigenvalue weighted by atomic mass is 16.4. The number of pyridine rings is 1. The van der Waals surface area contributed by atoms with E-state index in [0.29, 0.717) is 5.69 Å². The number of rotatable bonds is 4. The summed E-state index contributed by atoms with van der Waals surface area (Å²) in [5.74, 6) is -1.61. The molecule has 6 heteroatoms. The van der Waals surface area contributed by atoms with Crippen LogP contribution in [0.15, 0.2) is 42.5 Å². The Morgan fingerprint density at radius 1 is 1.15 bits per heavy atom. The number of aliphatic carboxylic acids is 1. The number of anilines is 1. The lowest BCUT2D eigenvalue weighted by atomic mass is 10.1. The van der Waals surface area contributed by atoms with E-state index in [1.165, 1.54) is 6.07 Å². The molecule has 2 rings (SSSR count). The first-order valence-corrected chi connectivity index (χ1v) is 5.90. The Labute approximate surface area is 115 Å². The number of carboxylic acids is 1. The fourth-order valence-corrected chi connectivity index (χ4v) is 1.69. The van der Waals surface area contributed by atoms with Gasteiger partial charge in [0.2, 0.25) is 0 Å². The highest BCUT2D eigenvalue weighted by Gasteiger charge is 2.12. The molecule has 0 aliphatic heterocycles. The minimum atomic E-state index is -1.12. The molecule has 6 nitrogen and oxygen atoms in total. The van der Waals surface area contributed by atoms with E-state index in [0.717, 1.165) is 5.56 Å². The number of carbonyl (C=O) groups excluding carboxylic acids is 1. The maximum absolute atomic E-state index is 11.7. The number of aromatic nitrogens is 1. The molecule has 0 unspecified atom stereocenters. The maximum Gasteiger partial charge on any atom is 0.322 e. The molecule has 0 spiro atoms. The first kappa shape index (κ1) is 13.5. The van der Waals surface area contributed by atoms with Crippen molar-refractivity contribution in [3.8, 4) is 11.3 Å². The van der Waals surface area contributed by atoms with Gasteiger partial charge in [0.25, 0.3) is 5.91 Å². The average Bonchev–Trinajstić information content (AvgIpc) is 2.45. The minimum Gasteiger partial charge on any atom is -0.480 e. The lowest BCUT2D eigenvalue weighted by Crippen LogP contribution is -2.30. The van der Waals surface area contributed by atoms with E-state index in [2.05, 4.69) is 10.3 Å². The largest absolute Gasteiger partial charge is 0.480 e. The van der Waals surface area contributed by atoms with Gasteiger partial charge in [-0.25, -0.2) is 4.98 Å². The van der Waals surface area contributed by atoms with Crippen molar-refractivity contribution in [1.29, 1.82) is 0 Å². The van der Waals surface area contributed by atoms with Crippen LogP contribution in [0.25, 0.3) is 11.3 Å². The van der Waals surface area contributed by atoms with E-state index < -0.39 is 18.4 Å². The second-order valence-electron chi connectivity index (χ2n) is 4.07. The summed E-state index contributed by atoms with van der Waals surface area (Å²) in [7, 11) is 0. The lowest BCUT2D eigenvalue weighted by molar-refractivity contribution is -0.135. The Balaban J connectivity index is 2.22. The van der Waals surface area contributed by atoms with Gasteiger partial charge >= 0.3 is 5.97 Å². The zero-order valence-electron chi connectivity index (χ0n) is 10.5. The van der Waals surface area contributed by atoms with Crippen molar-refractivity contribution in [2.24, 2.45) is 0 Å². The SMILES string of the molecule is Nc1nc(-c2ccccc2)ccc1C(=O)NCC(=O)O. The van der Waals surface area contributed by atoms with Crippen LogP contribution in [0.1, 0.15) is 10.4 Å². The number of nitrogens with two attached hydrogens (primary N) is 1. The van der Waals surface area contributed by atoms with Gasteiger partial charge in [-0.2, -0.15) is 0 Å². The van der Waals surface area contributed by atoms with Crippen molar-refractivity contribution in [1.82, 2.24) is 10.3 Å². The lowest BCUT2D eigenvalue weighted by Gasteiger charge is -2.07. The van der Waals surface area contributed by atoms with Gasteiger partial charge < -0.3 is 16.2 Å². The monoisotopic (exact) mass is 271 g/mol. The Bertz CT molecular complexity index is 641. The summed E-state index contributed by atoms with van der Waals surface area (Å²) in [4.78, 5) is 26.3. The number of benzene rings is 1. The van der Waals surface area contributed by atoms with Gasteiger partial charge in [0.15, 0.2) is 0 Å². The highest BCUT2D eigenvalue weighted by molar-refractivity contribution is 5.99. The van der Waals surface area contributed by atoms with Crippen molar-refractivity contribution in [3.05, 3.63) is 48.0 Å². The molecule has 0 aliphatic rings. The molecule has 102 valence electrons. The van der Waals surface area contributed by atoms with Crippen molar-refractivity contribution >= 4 is 17.7 Å². The molecule has 2 aromatic rings. The summed E-state index contributed by atoms with van der Waals surface area (Å²) in [6, 6.07) is 12.6. The number of nitrogens with zero attached hydrogens (tertiary/aromatic N) is 1. The normalized spacial score (nSPS) is 10.0. The van der Waals surface area contributed by atoms with Crippen LogP contribution in [-0.4, -0.2) is 28.5 Å². The van der Waals surface area contributed by atoms with Crippen LogP contribution >= 0.6 is 0 Å². The molecule has 1 heterocycles. The van der Waals surface area contributed by atoms with Crippen molar-refractivity contribution in [2.45, 2.75) is 0 Å². The number of amides is 1. The zero-order valence-corrected chi connectivity index (χ0v) is 10.5. The van der Waals surface area contributed by atoms with Gasteiger partial charge in [-0.1, -0.05) is 30.3 Å². The predicted molar refractivity (Wildman–Crippen MR) is 74.1 cm³/mol. The van der Waals surface area contributed by atoms with Gasteiger partial charge in [0.05, 0.1) is 11.3 Å². The molecule has 0 radical (unpaired) electrons. The molecule has 0 saturated heterocycles. The molecule has 20 heavy (non-hydrogen) atoms. The van der Waals surface area contributed by atoms with Crippen LogP contribution in [0, 0.1) is 0 Å². The summed E-state index contributed by atoms with van der Waals surface area (Å²) >= 11 is 0. The fourth-order valence-electron chi connectivity index (χ4n) is 1.69. The van der Waals surface area contributed by atoms with Crippen LogP contribution in [0.5, 0.6) is 0 Å². The number of carboxylic acid groups (broad SMARTS) is 1. The minimum absolute atomic E-state index is 0.0641. The molecule has 1 aromatic carbocycles. The molecule has 0 aliphatic carbocycles.